The van der Waals surface area contributed by atoms with E-state index in [1.807, 2.05) is 12.2 Å². The zero-order valence-corrected chi connectivity index (χ0v) is 22.6. The predicted molar refractivity (Wildman–Crippen MR) is 138 cm³/mol. The number of benzene rings is 1. The third kappa shape index (κ3) is 7.22. The number of nitrogens with zero attached hydrogens (tertiary/aromatic N) is 1. The maximum Gasteiger partial charge on any atom is 0.341 e. The van der Waals surface area contributed by atoms with Crippen LogP contribution in [-0.4, -0.2) is 60.6 Å². The van der Waals surface area contributed by atoms with Crippen LogP contribution in [0.4, 0.5) is 4.39 Å². The SMILES string of the molecule is COc1c(C)c2c(c(C(=O)C(F)(Cl)Cl)c1CCC=CCCC(=O)OCCN1CCCCC1)C(=O)OC2N. The molecule has 11 heteroatoms. The van der Waals surface area contributed by atoms with Gasteiger partial charge < -0.3 is 14.2 Å². The van der Waals surface area contributed by atoms with Gasteiger partial charge in [-0.2, -0.15) is 4.39 Å². The van der Waals surface area contributed by atoms with Crippen LogP contribution in [0.1, 0.15) is 82.2 Å². The lowest BCUT2D eigenvalue weighted by Crippen LogP contribution is -2.33. The molecule has 3 rings (SSSR count). The molecule has 0 radical (unpaired) electrons. The van der Waals surface area contributed by atoms with Gasteiger partial charge >= 0.3 is 16.5 Å². The summed E-state index contributed by atoms with van der Waals surface area (Å²) in [5.74, 6) is -2.13. The van der Waals surface area contributed by atoms with E-state index >= 15 is 0 Å². The second kappa shape index (κ2) is 13.0. The maximum absolute atomic E-state index is 14.3. The molecule has 1 atom stereocenters. The summed E-state index contributed by atoms with van der Waals surface area (Å²) in [6.45, 7) is 4.93. The number of likely N-dealkylation sites (tertiary alicyclic amines) is 1. The molecule has 2 heterocycles. The summed E-state index contributed by atoms with van der Waals surface area (Å²) < 4.78 is 27.0. The zero-order valence-electron chi connectivity index (χ0n) is 21.1. The first-order valence-corrected chi connectivity index (χ1v) is 13.2. The van der Waals surface area contributed by atoms with Gasteiger partial charge in [-0.15, -0.1) is 0 Å². The summed E-state index contributed by atoms with van der Waals surface area (Å²) in [5, 5.41) is 0. The highest BCUT2D eigenvalue weighted by Crippen LogP contribution is 2.44. The number of cyclic esters (lactones) is 1. The number of rotatable bonds is 12. The molecule has 0 aromatic heterocycles. The molecule has 2 aliphatic heterocycles. The number of carbonyl (C=O) groups is 3. The minimum absolute atomic E-state index is 0.148. The van der Waals surface area contributed by atoms with Crippen molar-refractivity contribution in [3.8, 4) is 5.75 Å². The van der Waals surface area contributed by atoms with Gasteiger partial charge in [0.05, 0.1) is 12.7 Å². The van der Waals surface area contributed by atoms with Gasteiger partial charge in [0.1, 0.15) is 12.4 Å². The van der Waals surface area contributed by atoms with Crippen molar-refractivity contribution in [2.24, 2.45) is 5.73 Å². The van der Waals surface area contributed by atoms with Crippen LogP contribution in [0.15, 0.2) is 12.2 Å². The van der Waals surface area contributed by atoms with Crippen molar-refractivity contribution in [2.75, 3.05) is 33.4 Å². The predicted octanol–water partition coefficient (Wildman–Crippen LogP) is 4.71. The average molecular weight is 559 g/mol. The highest BCUT2D eigenvalue weighted by molar-refractivity contribution is 6.58. The molecular weight excluding hydrogens is 526 g/mol. The number of alkyl halides is 3. The molecule has 204 valence electrons. The number of hydrogen-bond acceptors (Lipinski definition) is 8. The van der Waals surface area contributed by atoms with E-state index in [1.54, 1.807) is 6.92 Å². The Morgan fingerprint density at radius 1 is 1.22 bits per heavy atom. The number of nitrogens with two attached hydrogens (primary N) is 1. The van der Waals surface area contributed by atoms with Crippen molar-refractivity contribution in [3.63, 3.8) is 0 Å². The number of Topliss-reactive ketones (excluding diaryl/α,β-unsaturated/α-hetero) is 1. The van der Waals surface area contributed by atoms with Crippen molar-refractivity contribution in [1.29, 1.82) is 0 Å². The molecule has 0 spiro atoms. The highest BCUT2D eigenvalue weighted by atomic mass is 35.5. The Kier molecular flexibility index (Phi) is 10.3. The Balaban J connectivity index is 1.63. The Hall–Kier alpha value is -2.20. The molecule has 1 fully saturated rings. The van der Waals surface area contributed by atoms with E-state index in [1.165, 1.54) is 26.4 Å². The molecule has 37 heavy (non-hydrogen) atoms. The van der Waals surface area contributed by atoms with Crippen molar-refractivity contribution in [1.82, 2.24) is 4.90 Å². The van der Waals surface area contributed by atoms with Gasteiger partial charge in [0, 0.05) is 35.2 Å². The molecule has 1 unspecified atom stereocenters. The molecule has 0 saturated carbocycles. The van der Waals surface area contributed by atoms with Crippen molar-refractivity contribution in [3.05, 3.63) is 40.0 Å². The molecule has 1 saturated heterocycles. The van der Waals surface area contributed by atoms with Gasteiger partial charge in [-0.05, 0) is 52.1 Å². The Bertz CT molecular complexity index is 1050. The Labute approximate surface area is 226 Å². The van der Waals surface area contributed by atoms with Crippen LogP contribution in [0, 0.1) is 6.92 Å². The summed E-state index contributed by atoms with van der Waals surface area (Å²) in [4.78, 5) is 39.7. The van der Waals surface area contributed by atoms with Crippen LogP contribution in [0.3, 0.4) is 0 Å². The van der Waals surface area contributed by atoms with Gasteiger partial charge in [0.15, 0.2) is 6.23 Å². The van der Waals surface area contributed by atoms with Crippen molar-refractivity contribution < 1.29 is 33.0 Å². The third-order valence-electron chi connectivity index (χ3n) is 6.61. The van der Waals surface area contributed by atoms with Crippen LogP contribution >= 0.6 is 23.2 Å². The monoisotopic (exact) mass is 558 g/mol. The lowest BCUT2D eigenvalue weighted by Gasteiger charge is -2.25. The first-order valence-electron chi connectivity index (χ1n) is 12.4. The number of ether oxygens (including phenoxy) is 3. The number of hydrogen-bond donors (Lipinski definition) is 1. The number of fused-ring (bicyclic) bond motifs is 1. The summed E-state index contributed by atoms with van der Waals surface area (Å²) in [6.07, 6.45) is 7.50. The zero-order chi connectivity index (χ0) is 27.2. The molecule has 0 bridgehead atoms. The lowest BCUT2D eigenvalue weighted by atomic mass is 9.87. The first-order chi connectivity index (χ1) is 17.6. The standard InChI is InChI=1S/C26H33Cl2FN2O6/c1-16-19-21(25(34)37-24(19)30)20(23(33)26(27,28)29)17(22(16)35-2)10-6-3-4-7-11-18(32)36-15-14-31-12-8-5-9-13-31/h3-4,24H,5-15,30H2,1-2H3. The topological polar surface area (TPSA) is 108 Å². The number of methoxy groups -OCH3 is 1. The smallest absolute Gasteiger partial charge is 0.341 e. The number of halogens is 3. The number of ketones is 1. The maximum atomic E-state index is 14.3. The van der Waals surface area contributed by atoms with Crippen LogP contribution in [0.2, 0.25) is 0 Å². The van der Waals surface area contributed by atoms with E-state index < -0.39 is 22.6 Å². The summed E-state index contributed by atoms with van der Waals surface area (Å²) >= 11 is 11.0. The lowest BCUT2D eigenvalue weighted by molar-refractivity contribution is -0.144. The van der Waals surface area contributed by atoms with Crippen LogP contribution in [0.5, 0.6) is 5.75 Å². The second-order valence-corrected chi connectivity index (χ2v) is 10.4. The molecule has 0 amide bonds. The van der Waals surface area contributed by atoms with Gasteiger partial charge in [-0.1, -0.05) is 41.8 Å². The molecule has 1 aromatic rings. The van der Waals surface area contributed by atoms with E-state index in [2.05, 4.69) is 4.90 Å². The average Bonchev–Trinajstić information content (AvgIpc) is 3.15. The molecule has 8 nitrogen and oxygen atoms in total. The number of piperidine rings is 1. The number of esters is 2. The van der Waals surface area contributed by atoms with E-state index in [0.29, 0.717) is 25.0 Å². The fraction of sp³-hybridized carbons (Fsp3) is 0.577. The van der Waals surface area contributed by atoms with Crippen LogP contribution in [0.25, 0.3) is 0 Å². The van der Waals surface area contributed by atoms with Crippen LogP contribution < -0.4 is 10.5 Å². The second-order valence-electron chi connectivity index (χ2n) is 9.12. The summed E-state index contributed by atoms with van der Waals surface area (Å²) in [5.41, 5.74) is 6.49. The van der Waals surface area contributed by atoms with E-state index in [9.17, 15) is 18.8 Å². The largest absolute Gasteiger partial charge is 0.496 e. The van der Waals surface area contributed by atoms with E-state index in [0.717, 1.165) is 19.6 Å². The highest BCUT2D eigenvalue weighted by Gasteiger charge is 2.44. The molecule has 1 aromatic carbocycles. The van der Waals surface area contributed by atoms with Crippen LogP contribution in [-0.2, 0) is 20.7 Å². The molecule has 0 aliphatic carbocycles. The normalized spacial score (nSPS) is 18.1. The molecule has 2 N–H and O–H groups in total. The number of allylic oxidation sites excluding steroid dienone is 2. The first kappa shape index (κ1) is 29.4. The van der Waals surface area contributed by atoms with Crippen molar-refractivity contribution in [2.45, 2.75) is 62.7 Å². The minimum Gasteiger partial charge on any atom is -0.496 e. The van der Waals surface area contributed by atoms with Crippen molar-refractivity contribution >= 4 is 40.9 Å². The minimum atomic E-state index is -3.26. The fourth-order valence-electron chi connectivity index (χ4n) is 4.85. The van der Waals surface area contributed by atoms with Gasteiger partial charge in [-0.25, -0.2) is 4.79 Å². The van der Waals surface area contributed by atoms with Gasteiger partial charge in [0.25, 0.3) is 0 Å². The van der Waals surface area contributed by atoms with Gasteiger partial charge in [-0.3, -0.25) is 20.2 Å². The fourth-order valence-corrected chi connectivity index (χ4v) is 5.04. The van der Waals surface area contributed by atoms with Gasteiger partial charge in [0.2, 0.25) is 5.78 Å². The Morgan fingerprint density at radius 3 is 2.54 bits per heavy atom. The van der Waals surface area contributed by atoms with E-state index in [-0.39, 0.29) is 46.8 Å². The quantitative estimate of drug-likeness (QED) is 0.170. The summed E-state index contributed by atoms with van der Waals surface area (Å²) in [6, 6.07) is 0. The summed E-state index contributed by atoms with van der Waals surface area (Å²) in [7, 11) is 1.40. The number of carbonyl (C=O) groups excluding carboxylic acids is 3. The third-order valence-corrected chi connectivity index (χ3v) is 6.96. The van der Waals surface area contributed by atoms with E-state index in [4.69, 9.17) is 43.1 Å². The Morgan fingerprint density at radius 2 is 1.89 bits per heavy atom. The molecular formula is C26H33Cl2FN2O6. The molecule has 2 aliphatic rings.